The van der Waals surface area contributed by atoms with Gasteiger partial charge in [0.2, 0.25) is 0 Å². The maximum absolute atomic E-state index is 12.7. The van der Waals surface area contributed by atoms with Crippen LogP contribution < -0.4 is 10.6 Å². The number of piperidine rings is 1. The lowest BCUT2D eigenvalue weighted by molar-refractivity contribution is 0.0919. The molecule has 3 rings (SSSR count). The number of benzene rings is 2. The van der Waals surface area contributed by atoms with E-state index in [1.54, 1.807) is 30.3 Å². The average Bonchev–Trinajstić information content (AvgIpc) is 2.64. The second-order valence-corrected chi connectivity index (χ2v) is 8.73. The van der Waals surface area contributed by atoms with Crippen molar-refractivity contribution in [1.82, 2.24) is 10.6 Å². The van der Waals surface area contributed by atoms with E-state index in [-0.39, 0.29) is 41.0 Å². The van der Waals surface area contributed by atoms with Gasteiger partial charge in [0, 0.05) is 17.6 Å². The zero-order chi connectivity index (χ0) is 18.6. The topological polar surface area (TPSA) is 75.3 Å². The fourth-order valence-corrected chi connectivity index (χ4v) is 4.59. The van der Waals surface area contributed by atoms with Crippen molar-refractivity contribution >= 4 is 28.2 Å². The summed E-state index contributed by atoms with van der Waals surface area (Å²) < 4.78 is 25.4. The van der Waals surface area contributed by atoms with Crippen molar-refractivity contribution in [3.8, 4) is 0 Å². The number of halogens is 1. The van der Waals surface area contributed by atoms with Crippen molar-refractivity contribution in [1.29, 1.82) is 0 Å². The van der Waals surface area contributed by atoms with Crippen LogP contribution in [0.5, 0.6) is 0 Å². The molecule has 0 spiro atoms. The molecule has 2 atom stereocenters. The number of hydrogen-bond donors (Lipinski definition) is 2. The summed E-state index contributed by atoms with van der Waals surface area (Å²) in [6, 6.07) is 15.6. The fourth-order valence-electron chi connectivity index (χ4n) is 3.20. The molecule has 27 heavy (non-hydrogen) atoms. The van der Waals surface area contributed by atoms with Gasteiger partial charge in [-0.05, 0) is 50.1 Å². The molecule has 0 radical (unpaired) electrons. The van der Waals surface area contributed by atoms with Gasteiger partial charge in [-0.15, -0.1) is 12.4 Å². The summed E-state index contributed by atoms with van der Waals surface area (Å²) in [6.45, 7) is 3.01. The zero-order valence-corrected chi connectivity index (χ0v) is 16.9. The Kier molecular flexibility index (Phi) is 7.41. The smallest absolute Gasteiger partial charge is 0.251 e. The molecule has 2 aromatic carbocycles. The Labute approximate surface area is 166 Å². The van der Waals surface area contributed by atoms with Gasteiger partial charge in [-0.2, -0.15) is 0 Å². The summed E-state index contributed by atoms with van der Waals surface area (Å²) in [5.41, 5.74) is 1.10. The van der Waals surface area contributed by atoms with Crippen LogP contribution in [0.2, 0.25) is 0 Å². The van der Waals surface area contributed by atoms with Crippen molar-refractivity contribution < 1.29 is 13.2 Å². The van der Waals surface area contributed by atoms with Gasteiger partial charge in [0.15, 0.2) is 9.84 Å². The Bertz CT molecular complexity index is 872. The SMILES string of the molecule is CC1NCCCC1NC(=O)c1cccc(S(=O)(=O)Cc2ccccc2)c1.Cl. The molecule has 146 valence electrons. The monoisotopic (exact) mass is 408 g/mol. The molecule has 0 bridgehead atoms. The van der Waals surface area contributed by atoms with Crippen LogP contribution in [0.4, 0.5) is 0 Å². The van der Waals surface area contributed by atoms with E-state index in [1.807, 2.05) is 25.1 Å². The van der Waals surface area contributed by atoms with Crippen LogP contribution in [0.25, 0.3) is 0 Å². The van der Waals surface area contributed by atoms with Gasteiger partial charge in [-0.3, -0.25) is 4.79 Å². The highest BCUT2D eigenvalue weighted by atomic mass is 35.5. The Morgan fingerprint density at radius 1 is 1.15 bits per heavy atom. The number of hydrogen-bond acceptors (Lipinski definition) is 4. The minimum Gasteiger partial charge on any atom is -0.348 e. The van der Waals surface area contributed by atoms with E-state index >= 15 is 0 Å². The van der Waals surface area contributed by atoms with Gasteiger partial charge in [0.05, 0.1) is 10.6 Å². The number of amides is 1. The molecule has 7 heteroatoms. The highest BCUT2D eigenvalue weighted by molar-refractivity contribution is 7.90. The molecule has 2 N–H and O–H groups in total. The molecule has 1 amide bonds. The summed E-state index contributed by atoms with van der Waals surface area (Å²) in [5.74, 6) is -0.315. The molecule has 0 aliphatic carbocycles. The predicted molar refractivity (Wildman–Crippen MR) is 109 cm³/mol. The van der Waals surface area contributed by atoms with E-state index in [4.69, 9.17) is 0 Å². The first-order valence-corrected chi connectivity index (χ1v) is 10.5. The summed E-state index contributed by atoms with van der Waals surface area (Å²) in [4.78, 5) is 12.7. The number of carbonyl (C=O) groups excluding carboxylic acids is 1. The van der Waals surface area contributed by atoms with E-state index in [1.165, 1.54) is 6.07 Å². The molecule has 0 saturated carbocycles. The third-order valence-corrected chi connectivity index (χ3v) is 6.42. The summed E-state index contributed by atoms with van der Waals surface area (Å²) in [7, 11) is -3.51. The molecule has 1 aliphatic heterocycles. The second kappa shape index (κ2) is 9.35. The van der Waals surface area contributed by atoms with Crippen LogP contribution in [-0.4, -0.2) is 33.0 Å². The van der Waals surface area contributed by atoms with Gasteiger partial charge < -0.3 is 10.6 Å². The van der Waals surface area contributed by atoms with Crippen molar-refractivity contribution in [2.45, 2.75) is 42.5 Å². The lowest BCUT2D eigenvalue weighted by atomic mass is 9.99. The number of rotatable bonds is 5. The van der Waals surface area contributed by atoms with Gasteiger partial charge in [-0.25, -0.2) is 8.42 Å². The van der Waals surface area contributed by atoms with E-state index < -0.39 is 9.84 Å². The first-order chi connectivity index (χ1) is 12.5. The Balaban J connectivity index is 0.00000261. The van der Waals surface area contributed by atoms with Gasteiger partial charge in [0.25, 0.3) is 5.91 Å². The van der Waals surface area contributed by atoms with Gasteiger partial charge in [0.1, 0.15) is 0 Å². The molecule has 2 unspecified atom stereocenters. The molecule has 5 nitrogen and oxygen atoms in total. The minimum absolute atomic E-state index is 0. The molecule has 0 aromatic heterocycles. The largest absolute Gasteiger partial charge is 0.348 e. The van der Waals surface area contributed by atoms with Gasteiger partial charge >= 0.3 is 0 Å². The third kappa shape index (κ3) is 5.54. The Hall–Kier alpha value is -1.89. The normalized spacial score (nSPS) is 19.7. The number of carbonyl (C=O) groups is 1. The maximum atomic E-state index is 12.7. The predicted octanol–water partition coefficient (Wildman–Crippen LogP) is 2.95. The van der Waals surface area contributed by atoms with E-state index in [9.17, 15) is 13.2 Å². The van der Waals surface area contributed by atoms with E-state index in [0.717, 1.165) is 24.9 Å². The zero-order valence-electron chi connectivity index (χ0n) is 15.2. The first-order valence-electron chi connectivity index (χ1n) is 8.87. The summed E-state index contributed by atoms with van der Waals surface area (Å²) in [5, 5.41) is 6.36. The molecular formula is C20H25ClN2O3S. The van der Waals surface area contributed by atoms with Crippen LogP contribution in [0.1, 0.15) is 35.7 Å². The van der Waals surface area contributed by atoms with E-state index in [2.05, 4.69) is 10.6 Å². The fraction of sp³-hybridized carbons (Fsp3) is 0.350. The third-order valence-electron chi connectivity index (χ3n) is 4.73. The second-order valence-electron chi connectivity index (χ2n) is 6.74. The summed E-state index contributed by atoms with van der Waals surface area (Å²) >= 11 is 0. The lowest BCUT2D eigenvalue weighted by Gasteiger charge is -2.30. The van der Waals surface area contributed by atoms with Crippen molar-refractivity contribution in [2.24, 2.45) is 0 Å². The summed E-state index contributed by atoms with van der Waals surface area (Å²) in [6.07, 6.45) is 1.94. The lowest BCUT2D eigenvalue weighted by Crippen LogP contribution is -2.51. The van der Waals surface area contributed by atoms with E-state index in [0.29, 0.717) is 5.56 Å². The van der Waals surface area contributed by atoms with Gasteiger partial charge in [-0.1, -0.05) is 36.4 Å². The molecule has 1 fully saturated rings. The minimum atomic E-state index is -3.51. The molecule has 1 aliphatic rings. The van der Waals surface area contributed by atoms with Crippen molar-refractivity contribution in [2.75, 3.05) is 6.54 Å². The molecule has 1 saturated heterocycles. The Morgan fingerprint density at radius 3 is 2.59 bits per heavy atom. The van der Waals surface area contributed by atoms with Crippen molar-refractivity contribution in [3.63, 3.8) is 0 Å². The van der Waals surface area contributed by atoms with Crippen LogP contribution in [-0.2, 0) is 15.6 Å². The van der Waals surface area contributed by atoms with Crippen LogP contribution in [0, 0.1) is 0 Å². The average molecular weight is 409 g/mol. The standard InChI is InChI=1S/C20H24N2O3S.ClH/c1-15-19(11-6-12-21-15)22-20(23)17-9-5-10-18(13-17)26(24,25)14-16-7-3-2-4-8-16;/h2-5,7-10,13,15,19,21H,6,11-12,14H2,1H3,(H,22,23);1H. The number of nitrogens with one attached hydrogen (secondary N) is 2. The molecular weight excluding hydrogens is 384 g/mol. The van der Waals surface area contributed by atoms with Crippen LogP contribution >= 0.6 is 12.4 Å². The Morgan fingerprint density at radius 2 is 1.89 bits per heavy atom. The van der Waals surface area contributed by atoms with Crippen LogP contribution in [0.3, 0.4) is 0 Å². The highest BCUT2D eigenvalue weighted by Crippen LogP contribution is 2.18. The van der Waals surface area contributed by atoms with Crippen LogP contribution in [0.15, 0.2) is 59.5 Å². The molecule has 1 heterocycles. The molecule has 2 aromatic rings. The highest BCUT2D eigenvalue weighted by Gasteiger charge is 2.23. The number of sulfone groups is 1. The first kappa shape index (κ1) is 21.4. The van der Waals surface area contributed by atoms with Crippen molar-refractivity contribution in [3.05, 3.63) is 65.7 Å². The maximum Gasteiger partial charge on any atom is 0.251 e. The quantitative estimate of drug-likeness (QED) is 0.797.